The molecule has 3 aromatic rings. The topological polar surface area (TPSA) is 160 Å². The zero-order chi connectivity index (χ0) is 32.8. The number of nitrogens with one attached hydrogen (secondary N) is 2. The maximum Gasteiger partial charge on any atom is 0.270 e. The number of likely N-dealkylation sites (tertiary alicyclic amines) is 1. The van der Waals surface area contributed by atoms with Gasteiger partial charge in [-0.3, -0.25) is 14.5 Å². The molecule has 3 N–H and O–H groups in total. The van der Waals surface area contributed by atoms with Crippen LogP contribution in [0.1, 0.15) is 72.6 Å². The number of β-amino-alcohol motifs (C(OH)–C–C–N with tert-alkyl or cyclic N) is 1. The van der Waals surface area contributed by atoms with Gasteiger partial charge in [-0.15, -0.1) is 5.10 Å². The van der Waals surface area contributed by atoms with E-state index in [2.05, 4.69) is 35.8 Å². The number of carbonyl (C=O) groups is 2. The van der Waals surface area contributed by atoms with Gasteiger partial charge < -0.3 is 30.1 Å². The summed E-state index contributed by atoms with van der Waals surface area (Å²) in [6, 6.07) is 5.67. The summed E-state index contributed by atoms with van der Waals surface area (Å²) in [4.78, 5) is 36.7. The highest BCUT2D eigenvalue weighted by atomic mass is 35.5. The molecule has 0 saturated carbocycles. The number of aliphatic hydroxyl groups is 1. The monoisotopic (exact) mass is 667 g/mol. The lowest BCUT2D eigenvalue weighted by molar-refractivity contribution is -0.129. The van der Waals surface area contributed by atoms with E-state index in [0.29, 0.717) is 55.7 Å². The van der Waals surface area contributed by atoms with E-state index < -0.39 is 6.10 Å². The van der Waals surface area contributed by atoms with E-state index in [0.717, 1.165) is 55.5 Å². The fourth-order valence-corrected chi connectivity index (χ4v) is 6.70. The molecule has 2 unspecified atom stereocenters. The lowest BCUT2D eigenvalue weighted by atomic mass is 9.99. The molecule has 0 aliphatic carbocycles. The molecular weight excluding hydrogens is 626 g/mol. The highest BCUT2D eigenvalue weighted by Crippen LogP contribution is 2.35. The molecule has 2 saturated heterocycles. The summed E-state index contributed by atoms with van der Waals surface area (Å²) < 4.78 is 13.8. The third-order valence-corrected chi connectivity index (χ3v) is 9.40. The zero-order valence-electron chi connectivity index (χ0n) is 26.6. The van der Waals surface area contributed by atoms with Gasteiger partial charge in [-0.05, 0) is 55.7 Å². The zero-order valence-corrected chi connectivity index (χ0v) is 27.4. The number of rotatable bonds is 11. The van der Waals surface area contributed by atoms with E-state index in [9.17, 15) is 14.7 Å². The molecule has 5 heterocycles. The van der Waals surface area contributed by atoms with Gasteiger partial charge in [0.25, 0.3) is 5.91 Å². The molecule has 2 aromatic heterocycles. The van der Waals surface area contributed by atoms with E-state index >= 15 is 0 Å². The van der Waals surface area contributed by atoms with Crippen molar-refractivity contribution in [3.8, 4) is 5.75 Å². The molecule has 252 valence electrons. The van der Waals surface area contributed by atoms with Crippen molar-refractivity contribution in [2.75, 3.05) is 44.6 Å². The standard InChI is InChI=1S/C32H42ClN9O5/c1-21(43)41-11-7-23(8-12-41)38-29-14-27(35-20-36-29)32(45)34-16-25(44)18-40-10-9-26-22(17-40)5-6-28(31(26)33)47-19-24-15-37-39-42(24)30-4-2-3-13-46-30/h5-6,14-15,20,23,25,30,44H,2-4,7-13,16-19H2,1H3,(H,34,45)(H,35,36,38). The van der Waals surface area contributed by atoms with E-state index in [4.69, 9.17) is 21.1 Å². The fourth-order valence-electron chi connectivity index (χ4n) is 6.37. The minimum Gasteiger partial charge on any atom is -0.486 e. The van der Waals surface area contributed by atoms with Gasteiger partial charge in [0, 0.05) is 64.9 Å². The first-order chi connectivity index (χ1) is 22.8. The molecule has 2 fully saturated rings. The molecule has 47 heavy (non-hydrogen) atoms. The Hall–Kier alpha value is -3.85. The molecular formula is C32H42ClN9O5. The highest BCUT2D eigenvalue weighted by Gasteiger charge is 2.25. The number of anilines is 1. The molecule has 0 spiro atoms. The Balaban J connectivity index is 0.958. The Morgan fingerprint density at radius 1 is 1.17 bits per heavy atom. The van der Waals surface area contributed by atoms with Gasteiger partial charge in [-0.2, -0.15) is 0 Å². The molecule has 6 rings (SSSR count). The maximum atomic E-state index is 12.8. The van der Waals surface area contributed by atoms with Crippen molar-refractivity contribution in [1.29, 1.82) is 0 Å². The first-order valence-electron chi connectivity index (χ1n) is 16.3. The summed E-state index contributed by atoms with van der Waals surface area (Å²) in [6.45, 7) is 5.79. The minimum atomic E-state index is -0.768. The Labute approximate surface area is 278 Å². The van der Waals surface area contributed by atoms with Gasteiger partial charge in [0.1, 0.15) is 30.2 Å². The number of hydrogen-bond acceptors (Lipinski definition) is 11. The molecule has 14 nitrogen and oxygen atoms in total. The minimum absolute atomic E-state index is 0.0840. The van der Waals surface area contributed by atoms with Crippen molar-refractivity contribution < 1.29 is 24.2 Å². The number of aliphatic hydroxyl groups excluding tert-OH is 1. The number of piperidine rings is 1. The summed E-state index contributed by atoms with van der Waals surface area (Å²) in [5.74, 6) is 0.874. The Morgan fingerprint density at radius 2 is 2.02 bits per heavy atom. The highest BCUT2D eigenvalue weighted by molar-refractivity contribution is 6.33. The molecule has 1 aromatic carbocycles. The number of aromatic nitrogens is 5. The predicted octanol–water partition coefficient (Wildman–Crippen LogP) is 2.57. The van der Waals surface area contributed by atoms with Crippen molar-refractivity contribution in [3.05, 3.63) is 58.3 Å². The average molecular weight is 668 g/mol. The first kappa shape index (κ1) is 33.1. The second kappa shape index (κ2) is 15.4. The summed E-state index contributed by atoms with van der Waals surface area (Å²) in [5, 5.41) is 25.8. The fraction of sp³-hybridized carbons (Fsp3) is 0.562. The van der Waals surface area contributed by atoms with Crippen LogP contribution in [0.5, 0.6) is 5.75 Å². The number of ether oxygens (including phenoxy) is 2. The molecule has 2 atom stereocenters. The van der Waals surface area contributed by atoms with E-state index in [-0.39, 0.29) is 42.9 Å². The van der Waals surface area contributed by atoms with E-state index in [1.807, 2.05) is 17.0 Å². The Morgan fingerprint density at radius 3 is 2.81 bits per heavy atom. The lowest BCUT2D eigenvalue weighted by Crippen LogP contribution is -2.42. The first-order valence-corrected chi connectivity index (χ1v) is 16.7. The van der Waals surface area contributed by atoms with Gasteiger partial charge in [-0.1, -0.05) is 22.9 Å². The molecule has 2 amide bonds. The van der Waals surface area contributed by atoms with Crippen molar-refractivity contribution >= 4 is 29.2 Å². The normalized spacial score (nSPS) is 19.6. The molecule has 3 aliphatic rings. The third-order valence-electron chi connectivity index (χ3n) is 8.99. The molecule has 0 radical (unpaired) electrons. The summed E-state index contributed by atoms with van der Waals surface area (Å²) in [5.41, 5.74) is 3.18. The van der Waals surface area contributed by atoms with E-state index in [1.54, 1.807) is 23.9 Å². The van der Waals surface area contributed by atoms with Crippen LogP contribution in [0.15, 0.2) is 30.7 Å². The van der Waals surface area contributed by atoms with Crippen LogP contribution in [0.3, 0.4) is 0 Å². The second-order valence-corrected chi connectivity index (χ2v) is 12.7. The number of hydrogen-bond donors (Lipinski definition) is 3. The molecule has 0 bridgehead atoms. The molecule has 3 aliphatic heterocycles. The summed E-state index contributed by atoms with van der Waals surface area (Å²) in [6.07, 6.45) is 7.55. The van der Waals surface area contributed by atoms with E-state index in [1.165, 1.54) is 6.33 Å². The van der Waals surface area contributed by atoms with Crippen LogP contribution in [-0.4, -0.2) is 103 Å². The molecule has 15 heteroatoms. The Bertz CT molecular complexity index is 1540. The van der Waals surface area contributed by atoms with Crippen LogP contribution >= 0.6 is 11.6 Å². The van der Waals surface area contributed by atoms with Gasteiger partial charge in [0.15, 0.2) is 6.23 Å². The van der Waals surface area contributed by atoms with Crippen molar-refractivity contribution in [2.24, 2.45) is 0 Å². The van der Waals surface area contributed by atoms with Gasteiger partial charge in [0.2, 0.25) is 5.91 Å². The van der Waals surface area contributed by atoms with Crippen LogP contribution in [0, 0.1) is 0 Å². The number of carbonyl (C=O) groups excluding carboxylic acids is 2. The summed E-state index contributed by atoms with van der Waals surface area (Å²) >= 11 is 6.80. The Kier molecular flexibility index (Phi) is 10.8. The van der Waals surface area contributed by atoms with Crippen LogP contribution in [0.25, 0.3) is 0 Å². The van der Waals surface area contributed by atoms with Crippen LogP contribution in [0.4, 0.5) is 5.82 Å². The third kappa shape index (κ3) is 8.36. The van der Waals surface area contributed by atoms with Crippen LogP contribution < -0.4 is 15.4 Å². The van der Waals surface area contributed by atoms with Gasteiger partial charge in [-0.25, -0.2) is 14.6 Å². The lowest BCUT2D eigenvalue weighted by Gasteiger charge is -2.32. The van der Waals surface area contributed by atoms with Crippen molar-refractivity contribution in [1.82, 2.24) is 40.1 Å². The van der Waals surface area contributed by atoms with Crippen molar-refractivity contribution in [3.63, 3.8) is 0 Å². The largest absolute Gasteiger partial charge is 0.486 e. The van der Waals surface area contributed by atoms with Crippen LogP contribution in [0.2, 0.25) is 5.02 Å². The second-order valence-electron chi connectivity index (χ2n) is 12.4. The quantitative estimate of drug-likeness (QED) is 0.276. The SMILES string of the molecule is CC(=O)N1CCC(Nc2cc(C(=O)NCC(O)CN3CCc4c(ccc(OCc5cnnn5C5CCCCO5)c4Cl)C3)ncn2)CC1. The number of nitrogens with zero attached hydrogens (tertiary/aromatic N) is 7. The van der Waals surface area contributed by atoms with Crippen molar-refractivity contribution in [2.45, 2.75) is 77.0 Å². The number of benzene rings is 1. The smallest absolute Gasteiger partial charge is 0.270 e. The maximum absolute atomic E-state index is 12.8. The number of halogens is 1. The summed E-state index contributed by atoms with van der Waals surface area (Å²) in [7, 11) is 0. The number of amides is 2. The van der Waals surface area contributed by atoms with Gasteiger partial charge in [0.05, 0.1) is 23.0 Å². The predicted molar refractivity (Wildman–Crippen MR) is 173 cm³/mol. The number of fused-ring (bicyclic) bond motifs is 1. The van der Waals surface area contributed by atoms with Gasteiger partial charge >= 0.3 is 0 Å². The average Bonchev–Trinajstić information content (AvgIpc) is 3.56. The van der Waals surface area contributed by atoms with Crippen LogP contribution in [-0.2, 0) is 29.1 Å².